The van der Waals surface area contributed by atoms with Crippen molar-refractivity contribution in [1.82, 2.24) is 19.4 Å². The molecule has 0 aromatic carbocycles. The van der Waals surface area contributed by atoms with Crippen molar-refractivity contribution in [2.45, 2.75) is 44.4 Å². The lowest BCUT2D eigenvalue weighted by Gasteiger charge is -2.38. The van der Waals surface area contributed by atoms with E-state index < -0.39 is 24.3 Å². The van der Waals surface area contributed by atoms with Gasteiger partial charge in [-0.15, -0.1) is 11.3 Å². The highest BCUT2D eigenvalue weighted by molar-refractivity contribution is 7.10. The van der Waals surface area contributed by atoms with E-state index in [1.165, 1.54) is 10.4 Å². The molecule has 41 heavy (non-hydrogen) atoms. The summed E-state index contributed by atoms with van der Waals surface area (Å²) in [5.74, 6) is -5.40. The zero-order valence-electron chi connectivity index (χ0n) is 21.3. The molecule has 2 N–H and O–H groups in total. The second kappa shape index (κ2) is 12.7. The molecule has 5 rings (SSSR count). The first-order valence-electron chi connectivity index (χ1n) is 11.8. The van der Waals surface area contributed by atoms with Gasteiger partial charge in [0.15, 0.2) is 0 Å². The fourth-order valence-corrected chi connectivity index (χ4v) is 5.29. The third-order valence-electron chi connectivity index (χ3n) is 6.23. The zero-order valence-corrected chi connectivity index (χ0v) is 22.1. The van der Waals surface area contributed by atoms with Crippen LogP contribution < -0.4 is 0 Å². The number of nitrogens with zero attached hydrogens (tertiary/aromatic N) is 4. The number of carbonyl (C=O) groups is 3. The first-order chi connectivity index (χ1) is 19.1. The molecule has 2 atom stereocenters. The number of thiophene rings is 1. The Labute approximate surface area is 233 Å². The van der Waals surface area contributed by atoms with Gasteiger partial charge < -0.3 is 19.7 Å². The van der Waals surface area contributed by atoms with Crippen molar-refractivity contribution in [3.63, 3.8) is 0 Å². The Morgan fingerprint density at radius 3 is 2.07 bits per heavy atom. The van der Waals surface area contributed by atoms with E-state index in [1.807, 2.05) is 46.6 Å². The number of hydrogen-bond acceptors (Lipinski definition) is 6. The molecule has 0 radical (unpaired) electrons. The lowest BCUT2D eigenvalue weighted by molar-refractivity contribution is -0.193. The monoisotopic (exact) mass is 606 g/mol. The third kappa shape index (κ3) is 8.07. The minimum atomic E-state index is -5.08. The Kier molecular flexibility index (Phi) is 9.81. The van der Waals surface area contributed by atoms with Crippen molar-refractivity contribution in [2.24, 2.45) is 0 Å². The smallest absolute Gasteiger partial charge is 0.475 e. The van der Waals surface area contributed by atoms with Crippen molar-refractivity contribution in [2.75, 3.05) is 13.1 Å². The number of carboxylic acids is 2. The first-order valence-corrected chi connectivity index (χ1v) is 12.7. The van der Waals surface area contributed by atoms with E-state index in [1.54, 1.807) is 6.20 Å². The molecule has 1 amide bonds. The van der Waals surface area contributed by atoms with Gasteiger partial charge in [-0.3, -0.25) is 14.7 Å². The van der Waals surface area contributed by atoms with Crippen LogP contribution in [0.4, 0.5) is 26.3 Å². The Morgan fingerprint density at radius 1 is 0.951 bits per heavy atom. The van der Waals surface area contributed by atoms with Crippen molar-refractivity contribution < 1.29 is 50.9 Å². The second-order valence-corrected chi connectivity index (χ2v) is 10.0. The lowest BCUT2D eigenvalue weighted by Crippen LogP contribution is -2.49. The van der Waals surface area contributed by atoms with Crippen molar-refractivity contribution in [1.29, 1.82) is 0 Å². The third-order valence-corrected chi connectivity index (χ3v) is 7.24. The van der Waals surface area contributed by atoms with Gasteiger partial charge in [0, 0.05) is 36.9 Å². The molecular weight excluding hydrogens is 582 g/mol. The number of carboxylic acid groups (broad SMARTS) is 2. The van der Waals surface area contributed by atoms with Crippen LogP contribution in [0.3, 0.4) is 0 Å². The lowest BCUT2D eigenvalue weighted by atomic mass is 10.1. The number of hydrogen-bond donors (Lipinski definition) is 2. The van der Waals surface area contributed by atoms with Crippen molar-refractivity contribution in [3.05, 3.63) is 76.0 Å². The summed E-state index contributed by atoms with van der Waals surface area (Å²) >= 11 is 1.82. The molecule has 0 aliphatic carbocycles. The molecular formula is C25H24F6N4O5S. The van der Waals surface area contributed by atoms with Crippen LogP contribution >= 0.6 is 11.3 Å². The number of alkyl halides is 6. The Balaban J connectivity index is 0.000000276. The average Bonchev–Trinajstić information content (AvgIpc) is 3.62. The minimum absolute atomic E-state index is 0.112. The number of amides is 1. The van der Waals surface area contributed by atoms with Crippen molar-refractivity contribution in [3.8, 4) is 0 Å². The zero-order chi connectivity index (χ0) is 30.5. The van der Waals surface area contributed by atoms with E-state index in [-0.39, 0.29) is 11.9 Å². The van der Waals surface area contributed by atoms with E-state index in [9.17, 15) is 31.1 Å². The van der Waals surface area contributed by atoms with Gasteiger partial charge in [0.2, 0.25) is 0 Å². The molecule has 3 aromatic rings. The van der Waals surface area contributed by atoms with Gasteiger partial charge in [0.1, 0.15) is 5.69 Å². The number of halogens is 6. The highest BCUT2D eigenvalue weighted by atomic mass is 32.1. The van der Waals surface area contributed by atoms with E-state index >= 15 is 0 Å². The molecule has 0 bridgehead atoms. The molecule has 2 aliphatic rings. The number of pyridine rings is 1. The Hall–Kier alpha value is -3.92. The Morgan fingerprint density at radius 2 is 1.56 bits per heavy atom. The van der Waals surface area contributed by atoms with Crippen LogP contribution in [0.1, 0.15) is 32.7 Å². The van der Waals surface area contributed by atoms with E-state index in [4.69, 9.17) is 19.8 Å². The maximum Gasteiger partial charge on any atom is 0.490 e. The molecule has 2 unspecified atom stereocenters. The fourth-order valence-electron chi connectivity index (χ4n) is 4.34. The SMILES string of the molecule is Cc1ccsc1CN1CC2C(C1)n1cccc1C(=O)N2Cc1ccccn1.O=C(O)C(F)(F)F.O=C(O)C(F)(F)F. The summed E-state index contributed by atoms with van der Waals surface area (Å²) in [6.07, 6.45) is -6.31. The number of likely N-dealkylation sites (tertiary alicyclic amines) is 1. The number of aryl methyl sites for hydroxylation is 1. The van der Waals surface area contributed by atoms with Gasteiger partial charge in [-0.2, -0.15) is 26.3 Å². The van der Waals surface area contributed by atoms with Crippen LogP contribution in [0.5, 0.6) is 0 Å². The molecule has 1 fully saturated rings. The molecule has 0 spiro atoms. The number of rotatable bonds is 4. The number of aromatic nitrogens is 2. The summed E-state index contributed by atoms with van der Waals surface area (Å²) in [7, 11) is 0. The van der Waals surface area contributed by atoms with Crippen LogP contribution in [-0.4, -0.2) is 78.9 Å². The predicted octanol–water partition coefficient (Wildman–Crippen LogP) is 4.60. The highest BCUT2D eigenvalue weighted by Crippen LogP contribution is 2.35. The van der Waals surface area contributed by atoms with Crippen LogP contribution in [0.25, 0.3) is 0 Å². The van der Waals surface area contributed by atoms with Gasteiger partial charge >= 0.3 is 24.3 Å². The average molecular weight is 607 g/mol. The molecule has 9 nitrogen and oxygen atoms in total. The van der Waals surface area contributed by atoms with Crippen molar-refractivity contribution >= 4 is 29.2 Å². The summed E-state index contributed by atoms with van der Waals surface area (Å²) in [5.41, 5.74) is 3.09. The second-order valence-electron chi connectivity index (χ2n) is 9.02. The van der Waals surface area contributed by atoms with Crippen LogP contribution in [0, 0.1) is 6.92 Å². The fraction of sp³-hybridized carbons (Fsp3) is 0.360. The minimum Gasteiger partial charge on any atom is -0.475 e. The van der Waals surface area contributed by atoms with Gasteiger partial charge in [-0.25, -0.2) is 9.59 Å². The highest BCUT2D eigenvalue weighted by Gasteiger charge is 2.45. The summed E-state index contributed by atoms with van der Waals surface area (Å²) in [5, 5.41) is 16.4. The quantitative estimate of drug-likeness (QED) is 0.417. The summed E-state index contributed by atoms with van der Waals surface area (Å²) in [6.45, 7) is 5.57. The molecule has 0 saturated carbocycles. The molecule has 222 valence electrons. The predicted molar refractivity (Wildman–Crippen MR) is 133 cm³/mol. The first kappa shape index (κ1) is 31.6. The Bertz CT molecular complexity index is 1330. The summed E-state index contributed by atoms with van der Waals surface area (Å²) in [4.78, 5) is 41.3. The van der Waals surface area contributed by atoms with Gasteiger partial charge in [0.25, 0.3) is 5.91 Å². The number of aliphatic carboxylic acids is 2. The van der Waals surface area contributed by atoms with Gasteiger partial charge in [-0.05, 0) is 48.2 Å². The van der Waals surface area contributed by atoms with Crippen LogP contribution in [0.2, 0.25) is 0 Å². The van der Waals surface area contributed by atoms with Gasteiger partial charge in [-0.1, -0.05) is 6.07 Å². The molecule has 1 saturated heterocycles. The van der Waals surface area contributed by atoms with Crippen LogP contribution in [0.15, 0.2) is 54.2 Å². The molecule has 2 aliphatic heterocycles. The van der Waals surface area contributed by atoms with E-state index in [0.717, 1.165) is 31.0 Å². The molecule has 16 heteroatoms. The largest absolute Gasteiger partial charge is 0.490 e. The van der Waals surface area contributed by atoms with Gasteiger partial charge in [0.05, 0.1) is 24.3 Å². The normalized spacial score (nSPS) is 18.4. The summed E-state index contributed by atoms with van der Waals surface area (Å²) in [6, 6.07) is 12.5. The van der Waals surface area contributed by atoms with E-state index in [0.29, 0.717) is 12.6 Å². The van der Waals surface area contributed by atoms with E-state index in [2.05, 4.69) is 39.0 Å². The molecule has 3 aromatic heterocycles. The van der Waals surface area contributed by atoms with Crippen LogP contribution in [-0.2, 0) is 22.7 Å². The summed E-state index contributed by atoms with van der Waals surface area (Å²) < 4.78 is 65.7. The number of carbonyl (C=O) groups excluding carboxylic acids is 1. The number of fused-ring (bicyclic) bond motifs is 3. The standard InChI is InChI=1S/C21H22N4OS.2C2HF3O2/c1-15-7-10-27-20(15)14-23-12-18-19(13-23)25(11-16-5-2-3-8-22-16)21(26)17-6-4-9-24(17)18;2*3-2(4,5)1(6)7/h2-10,18-19H,11-14H2,1H3;2*(H,6,7). The maximum absolute atomic E-state index is 13.2. The topological polar surface area (TPSA) is 116 Å². The maximum atomic E-state index is 13.2. The molecule has 5 heterocycles.